The Morgan fingerprint density at radius 3 is 2.00 bits per heavy atom. The number of benzene rings is 4. The molecule has 0 heterocycles. The lowest BCUT2D eigenvalue weighted by Gasteiger charge is -2.22. The van der Waals surface area contributed by atoms with Crippen LogP contribution in [0.15, 0.2) is 108 Å². The van der Waals surface area contributed by atoms with Gasteiger partial charge < -0.3 is 5.32 Å². The van der Waals surface area contributed by atoms with Crippen molar-refractivity contribution >= 4 is 43.0 Å². The van der Waals surface area contributed by atoms with Gasteiger partial charge in [0.2, 0.25) is 10.0 Å². The number of alkyl halides is 3. The van der Waals surface area contributed by atoms with Crippen LogP contribution >= 0.6 is 0 Å². The molecule has 2 N–H and O–H groups in total. The van der Waals surface area contributed by atoms with Crippen LogP contribution in [0.25, 0.3) is 0 Å². The average Bonchev–Trinajstić information content (AvgIpc) is 2.91. The first-order chi connectivity index (χ1) is 19.2. The van der Waals surface area contributed by atoms with E-state index in [1.165, 1.54) is 46.8 Å². The van der Waals surface area contributed by atoms with Gasteiger partial charge in [0.1, 0.15) is 0 Å². The van der Waals surface area contributed by atoms with Crippen molar-refractivity contribution in [1.29, 1.82) is 0 Å². The molecule has 0 bridgehead atoms. The monoisotopic (exact) mass is 603 g/mol. The number of hydrogen-bond acceptors (Lipinski definition) is 5. The molecule has 4 aromatic rings. The number of hydrogen-bond donors (Lipinski definition) is 2. The van der Waals surface area contributed by atoms with E-state index in [1.54, 1.807) is 42.5 Å². The number of nitrogens with zero attached hydrogens (tertiary/aromatic N) is 1. The molecule has 0 spiro atoms. The summed E-state index contributed by atoms with van der Waals surface area (Å²) in [6.07, 6.45) is -3.51. The number of anilines is 3. The van der Waals surface area contributed by atoms with Crippen molar-refractivity contribution in [3.8, 4) is 0 Å². The van der Waals surface area contributed by atoms with Gasteiger partial charge in [0.25, 0.3) is 15.9 Å². The summed E-state index contributed by atoms with van der Waals surface area (Å²) in [5.74, 6) is -0.489. The Kier molecular flexibility index (Phi) is 8.40. The summed E-state index contributed by atoms with van der Waals surface area (Å²) in [6, 6.07) is 23.9. The predicted octanol–water partition coefficient (Wildman–Crippen LogP) is 5.72. The number of sulfonamides is 2. The van der Waals surface area contributed by atoms with Crippen LogP contribution in [0.1, 0.15) is 21.5 Å². The quantitative estimate of drug-likeness (QED) is 0.254. The number of halogens is 3. The maximum atomic E-state index is 12.9. The van der Waals surface area contributed by atoms with E-state index in [0.717, 1.165) is 18.4 Å². The number of para-hydroxylation sites is 1. The summed E-state index contributed by atoms with van der Waals surface area (Å²) in [4.78, 5) is 12.5. The highest BCUT2D eigenvalue weighted by molar-refractivity contribution is 7.92. The van der Waals surface area contributed by atoms with Gasteiger partial charge in [0.15, 0.2) is 0 Å². The lowest BCUT2D eigenvalue weighted by atomic mass is 10.1. The topological polar surface area (TPSA) is 113 Å². The van der Waals surface area contributed by atoms with Gasteiger partial charge in [-0.15, -0.1) is 0 Å². The molecule has 0 saturated carbocycles. The number of amides is 1. The smallest absolute Gasteiger partial charge is 0.322 e. The maximum absolute atomic E-state index is 12.9. The summed E-state index contributed by atoms with van der Waals surface area (Å²) >= 11 is 0. The first kappa shape index (κ1) is 29.6. The van der Waals surface area contributed by atoms with Crippen LogP contribution in [-0.4, -0.2) is 29.0 Å². The van der Waals surface area contributed by atoms with Gasteiger partial charge in [0, 0.05) is 16.9 Å². The van der Waals surface area contributed by atoms with Gasteiger partial charge in [-0.3, -0.25) is 13.8 Å². The Bertz CT molecular complexity index is 1740. The summed E-state index contributed by atoms with van der Waals surface area (Å²) in [5, 5.41) is 2.64. The van der Waals surface area contributed by atoms with Crippen molar-refractivity contribution in [2.24, 2.45) is 0 Å². The van der Waals surface area contributed by atoms with Crippen molar-refractivity contribution < 1.29 is 34.8 Å². The van der Waals surface area contributed by atoms with E-state index in [4.69, 9.17) is 0 Å². The normalized spacial score (nSPS) is 12.0. The lowest BCUT2D eigenvalue weighted by molar-refractivity contribution is -0.137. The lowest BCUT2D eigenvalue weighted by Crippen LogP contribution is -2.29. The van der Waals surface area contributed by atoms with E-state index in [2.05, 4.69) is 10.0 Å². The molecule has 4 rings (SSSR count). The molecular weight excluding hydrogens is 579 g/mol. The summed E-state index contributed by atoms with van der Waals surface area (Å²) < 4.78 is 92.1. The molecule has 8 nitrogen and oxygen atoms in total. The Hall–Kier alpha value is -4.36. The molecule has 214 valence electrons. The fraction of sp³-hybridized carbons (Fsp3) is 0.107. The van der Waals surface area contributed by atoms with Gasteiger partial charge in [-0.1, -0.05) is 36.4 Å². The Morgan fingerprint density at radius 1 is 0.780 bits per heavy atom. The van der Waals surface area contributed by atoms with Crippen LogP contribution < -0.4 is 14.3 Å². The van der Waals surface area contributed by atoms with Crippen LogP contribution in [0.4, 0.5) is 30.2 Å². The van der Waals surface area contributed by atoms with Crippen molar-refractivity contribution in [2.75, 3.05) is 20.6 Å². The fourth-order valence-corrected chi connectivity index (χ4v) is 5.75. The van der Waals surface area contributed by atoms with Crippen molar-refractivity contribution in [1.82, 2.24) is 0 Å². The SMILES string of the molecule is CS(=O)(=O)N(Cc1ccc(C(=O)Nc2ccc(S(=O)(=O)Nc3cccc(C(F)(F)F)c3)cc2)cc1)c1ccccc1. The van der Waals surface area contributed by atoms with Crippen molar-refractivity contribution in [3.05, 3.63) is 120 Å². The van der Waals surface area contributed by atoms with Gasteiger partial charge in [0.05, 0.1) is 28.9 Å². The Balaban J connectivity index is 1.41. The highest BCUT2D eigenvalue weighted by atomic mass is 32.2. The largest absolute Gasteiger partial charge is 0.416 e. The molecule has 0 aliphatic rings. The number of rotatable bonds is 9. The van der Waals surface area contributed by atoms with Gasteiger partial charge in [-0.25, -0.2) is 16.8 Å². The fourth-order valence-electron chi connectivity index (χ4n) is 3.82. The zero-order valence-corrected chi connectivity index (χ0v) is 23.1. The third-order valence-electron chi connectivity index (χ3n) is 5.85. The van der Waals surface area contributed by atoms with Crippen molar-refractivity contribution in [3.63, 3.8) is 0 Å². The van der Waals surface area contributed by atoms with Gasteiger partial charge in [-0.05, 0) is 72.3 Å². The third-order valence-corrected chi connectivity index (χ3v) is 8.39. The molecule has 41 heavy (non-hydrogen) atoms. The van der Waals surface area contributed by atoms with E-state index in [-0.39, 0.29) is 28.4 Å². The van der Waals surface area contributed by atoms with E-state index < -0.39 is 37.7 Å². The second kappa shape index (κ2) is 11.6. The minimum atomic E-state index is -4.62. The second-order valence-electron chi connectivity index (χ2n) is 8.96. The standard InChI is InChI=1S/C28H24F3N3O5S2/c1-40(36,37)34(25-8-3-2-4-9-25)19-20-10-12-21(13-11-20)27(35)32-23-14-16-26(17-15-23)41(38,39)33-24-7-5-6-22(18-24)28(29,30)31/h2-18,33H,19H2,1H3,(H,32,35). The molecule has 1 amide bonds. The van der Waals surface area contributed by atoms with Crippen LogP contribution in [0.5, 0.6) is 0 Å². The Labute approximate surface area is 235 Å². The Morgan fingerprint density at radius 2 is 1.41 bits per heavy atom. The number of carbonyl (C=O) groups is 1. The third kappa shape index (κ3) is 7.64. The second-order valence-corrected chi connectivity index (χ2v) is 12.6. The van der Waals surface area contributed by atoms with Gasteiger partial charge >= 0.3 is 6.18 Å². The molecule has 0 atom stereocenters. The zero-order valence-electron chi connectivity index (χ0n) is 21.5. The van der Waals surface area contributed by atoms with Crippen LogP contribution in [-0.2, 0) is 32.8 Å². The maximum Gasteiger partial charge on any atom is 0.416 e. The molecule has 0 aromatic heterocycles. The minimum absolute atomic E-state index is 0.0647. The van der Waals surface area contributed by atoms with E-state index >= 15 is 0 Å². The van der Waals surface area contributed by atoms with Crippen LogP contribution in [0.3, 0.4) is 0 Å². The molecule has 0 radical (unpaired) electrons. The van der Waals surface area contributed by atoms with Gasteiger partial charge in [-0.2, -0.15) is 13.2 Å². The molecule has 0 saturated heterocycles. The van der Waals surface area contributed by atoms with Crippen molar-refractivity contribution in [2.45, 2.75) is 17.6 Å². The minimum Gasteiger partial charge on any atom is -0.322 e. The van der Waals surface area contributed by atoms with Crippen LogP contribution in [0, 0.1) is 0 Å². The molecule has 13 heteroatoms. The summed E-state index contributed by atoms with van der Waals surface area (Å²) in [5.41, 5.74) is 0.481. The highest BCUT2D eigenvalue weighted by Crippen LogP contribution is 2.31. The van der Waals surface area contributed by atoms with E-state index in [0.29, 0.717) is 17.3 Å². The highest BCUT2D eigenvalue weighted by Gasteiger charge is 2.30. The average molecular weight is 604 g/mol. The number of carbonyl (C=O) groups excluding carboxylic acids is 1. The van der Waals surface area contributed by atoms with E-state index in [1.807, 2.05) is 0 Å². The predicted molar refractivity (Wildman–Crippen MR) is 151 cm³/mol. The molecule has 0 fully saturated rings. The first-order valence-electron chi connectivity index (χ1n) is 12.0. The zero-order chi connectivity index (χ0) is 29.8. The molecule has 0 aliphatic heterocycles. The summed E-state index contributed by atoms with van der Waals surface area (Å²) in [7, 11) is -7.76. The molecule has 4 aromatic carbocycles. The van der Waals surface area contributed by atoms with Crippen LogP contribution in [0.2, 0.25) is 0 Å². The number of nitrogens with one attached hydrogen (secondary N) is 2. The molecule has 0 unspecified atom stereocenters. The van der Waals surface area contributed by atoms with E-state index in [9.17, 15) is 34.8 Å². The summed E-state index contributed by atoms with van der Waals surface area (Å²) in [6.45, 7) is 0.0647. The first-order valence-corrected chi connectivity index (χ1v) is 15.3. The molecular formula is C28H24F3N3O5S2. The molecule has 0 aliphatic carbocycles.